The Bertz CT molecular complexity index is 812. The normalized spacial score (nSPS) is 11.8. The van der Waals surface area contributed by atoms with E-state index in [0.717, 1.165) is 16.1 Å². The summed E-state index contributed by atoms with van der Waals surface area (Å²) in [5.74, 6) is 0.588. The third kappa shape index (κ3) is 6.94. The number of halogens is 1. The first-order valence-corrected chi connectivity index (χ1v) is 9.25. The minimum Gasteiger partial charge on any atom is -0.352 e. The molecule has 0 saturated carbocycles. The Kier molecular flexibility index (Phi) is 7.25. The monoisotopic (exact) mass is 386 g/mol. The van der Waals surface area contributed by atoms with Crippen LogP contribution < -0.4 is 16.0 Å². The quantitative estimate of drug-likeness (QED) is 0.541. The molecule has 0 aliphatic carbocycles. The second-order valence-corrected chi connectivity index (χ2v) is 7.68. The highest BCUT2D eigenvalue weighted by atomic mass is 35.5. The van der Waals surface area contributed by atoms with Gasteiger partial charge in [0.2, 0.25) is 0 Å². The second kappa shape index (κ2) is 9.42. The molecule has 0 unspecified atom stereocenters. The largest absolute Gasteiger partial charge is 0.352 e. The molecule has 2 aromatic rings. The minimum absolute atomic E-state index is 0.0782. The topological polar surface area (TPSA) is 65.5 Å². The van der Waals surface area contributed by atoms with Gasteiger partial charge in [0.1, 0.15) is 0 Å². The van der Waals surface area contributed by atoms with Crippen LogP contribution in [0.4, 0.5) is 0 Å². The number of hydrogen-bond donors (Lipinski definition) is 3. The van der Waals surface area contributed by atoms with Crippen molar-refractivity contribution in [1.82, 2.24) is 16.0 Å². The van der Waals surface area contributed by atoms with Crippen molar-refractivity contribution in [3.05, 3.63) is 70.2 Å². The van der Waals surface area contributed by atoms with Gasteiger partial charge in [-0.3, -0.25) is 9.79 Å². The first kappa shape index (κ1) is 20.8. The smallest absolute Gasteiger partial charge is 0.251 e. The van der Waals surface area contributed by atoms with Gasteiger partial charge in [-0.25, -0.2) is 0 Å². The Morgan fingerprint density at radius 2 is 1.74 bits per heavy atom. The van der Waals surface area contributed by atoms with E-state index in [4.69, 9.17) is 11.6 Å². The molecule has 0 heterocycles. The van der Waals surface area contributed by atoms with E-state index >= 15 is 0 Å². The van der Waals surface area contributed by atoms with E-state index in [-0.39, 0.29) is 11.4 Å². The first-order chi connectivity index (χ1) is 12.8. The summed E-state index contributed by atoms with van der Waals surface area (Å²) >= 11 is 6.18. The summed E-state index contributed by atoms with van der Waals surface area (Å²) in [7, 11) is 1.72. The lowest BCUT2D eigenvalue weighted by molar-refractivity contribution is 0.0919. The molecule has 0 atom stereocenters. The van der Waals surface area contributed by atoms with Gasteiger partial charge in [-0.05, 0) is 50.1 Å². The number of amides is 1. The highest BCUT2D eigenvalue weighted by Crippen LogP contribution is 2.14. The molecule has 0 radical (unpaired) electrons. The lowest BCUT2D eigenvalue weighted by Crippen LogP contribution is -2.40. The standard InChI is InChI=1S/C21H27ClN4O/c1-21(2,3)26-19(27)16-10-7-8-15(12-16)13-24-20(23-4)25-14-17-9-5-6-11-18(17)22/h5-12H,13-14H2,1-4H3,(H,26,27)(H2,23,24,25). The highest BCUT2D eigenvalue weighted by molar-refractivity contribution is 6.31. The van der Waals surface area contributed by atoms with E-state index < -0.39 is 0 Å². The van der Waals surface area contributed by atoms with Crippen molar-refractivity contribution in [2.45, 2.75) is 39.4 Å². The van der Waals surface area contributed by atoms with E-state index in [9.17, 15) is 4.79 Å². The Morgan fingerprint density at radius 1 is 1.04 bits per heavy atom. The number of carbonyl (C=O) groups excluding carboxylic acids is 1. The van der Waals surface area contributed by atoms with Gasteiger partial charge in [0.05, 0.1) is 0 Å². The summed E-state index contributed by atoms with van der Waals surface area (Å²) in [4.78, 5) is 16.5. The van der Waals surface area contributed by atoms with E-state index in [1.54, 1.807) is 7.05 Å². The van der Waals surface area contributed by atoms with Crippen molar-refractivity contribution < 1.29 is 4.79 Å². The molecule has 2 aromatic carbocycles. The molecule has 2 rings (SSSR count). The minimum atomic E-state index is -0.268. The average Bonchev–Trinajstić information content (AvgIpc) is 2.62. The zero-order chi connectivity index (χ0) is 19.9. The zero-order valence-electron chi connectivity index (χ0n) is 16.3. The van der Waals surface area contributed by atoms with Gasteiger partial charge in [-0.2, -0.15) is 0 Å². The summed E-state index contributed by atoms with van der Waals surface area (Å²) in [6.45, 7) is 7.02. The van der Waals surface area contributed by atoms with Gasteiger partial charge >= 0.3 is 0 Å². The fraction of sp³-hybridized carbons (Fsp3) is 0.333. The highest BCUT2D eigenvalue weighted by Gasteiger charge is 2.15. The number of benzene rings is 2. The Morgan fingerprint density at radius 3 is 2.41 bits per heavy atom. The van der Waals surface area contributed by atoms with Gasteiger partial charge in [-0.1, -0.05) is 41.9 Å². The van der Waals surface area contributed by atoms with Crippen molar-refractivity contribution in [2.24, 2.45) is 4.99 Å². The summed E-state index contributed by atoms with van der Waals surface area (Å²) in [6.07, 6.45) is 0. The van der Waals surface area contributed by atoms with Crippen molar-refractivity contribution in [3.63, 3.8) is 0 Å². The van der Waals surface area contributed by atoms with E-state index in [2.05, 4.69) is 20.9 Å². The molecular formula is C21H27ClN4O. The van der Waals surface area contributed by atoms with Crippen LogP contribution in [0, 0.1) is 0 Å². The number of rotatable bonds is 5. The van der Waals surface area contributed by atoms with Crippen LogP contribution in [0.3, 0.4) is 0 Å². The van der Waals surface area contributed by atoms with Gasteiger partial charge in [-0.15, -0.1) is 0 Å². The molecule has 0 aliphatic rings. The summed E-state index contributed by atoms with van der Waals surface area (Å²) in [5.41, 5.74) is 2.37. The zero-order valence-corrected chi connectivity index (χ0v) is 17.0. The SMILES string of the molecule is CN=C(NCc1cccc(C(=O)NC(C)(C)C)c1)NCc1ccccc1Cl. The third-order valence-electron chi connectivity index (χ3n) is 3.77. The van der Waals surface area contributed by atoms with Crippen LogP contribution in [-0.4, -0.2) is 24.5 Å². The third-order valence-corrected chi connectivity index (χ3v) is 4.13. The van der Waals surface area contributed by atoms with Gasteiger partial charge in [0.15, 0.2) is 5.96 Å². The Hall–Kier alpha value is -2.53. The van der Waals surface area contributed by atoms with Gasteiger partial charge in [0, 0.05) is 36.3 Å². The maximum atomic E-state index is 12.3. The molecule has 0 fully saturated rings. The summed E-state index contributed by atoms with van der Waals surface area (Å²) in [5, 5.41) is 10.2. The van der Waals surface area contributed by atoms with Crippen LogP contribution in [0.2, 0.25) is 5.02 Å². The van der Waals surface area contributed by atoms with Crippen LogP contribution in [0.1, 0.15) is 42.3 Å². The number of hydrogen-bond acceptors (Lipinski definition) is 2. The maximum absolute atomic E-state index is 12.3. The predicted molar refractivity (Wildman–Crippen MR) is 112 cm³/mol. The number of nitrogens with zero attached hydrogens (tertiary/aromatic N) is 1. The van der Waals surface area contributed by atoms with Gasteiger partial charge in [0.25, 0.3) is 5.91 Å². The fourth-order valence-corrected chi connectivity index (χ4v) is 2.66. The molecule has 0 spiro atoms. The number of nitrogens with one attached hydrogen (secondary N) is 3. The summed E-state index contributed by atoms with van der Waals surface area (Å²) < 4.78 is 0. The van der Waals surface area contributed by atoms with Crippen LogP contribution in [-0.2, 0) is 13.1 Å². The molecule has 0 aromatic heterocycles. The summed E-state index contributed by atoms with van der Waals surface area (Å²) in [6, 6.07) is 15.2. The van der Waals surface area contributed by atoms with Crippen molar-refractivity contribution in [3.8, 4) is 0 Å². The average molecular weight is 387 g/mol. The van der Waals surface area contributed by atoms with Crippen molar-refractivity contribution in [1.29, 1.82) is 0 Å². The molecule has 0 saturated heterocycles. The molecule has 6 heteroatoms. The molecule has 144 valence electrons. The van der Waals surface area contributed by atoms with E-state index in [0.29, 0.717) is 24.6 Å². The number of carbonyl (C=O) groups is 1. The Balaban J connectivity index is 1.93. The van der Waals surface area contributed by atoms with Crippen molar-refractivity contribution >= 4 is 23.5 Å². The van der Waals surface area contributed by atoms with E-state index in [1.165, 1.54) is 0 Å². The molecular weight excluding hydrogens is 360 g/mol. The number of guanidine groups is 1. The predicted octanol–water partition coefficient (Wildman–Crippen LogP) is 3.73. The fourth-order valence-electron chi connectivity index (χ4n) is 2.46. The first-order valence-electron chi connectivity index (χ1n) is 8.88. The second-order valence-electron chi connectivity index (χ2n) is 7.28. The molecule has 3 N–H and O–H groups in total. The van der Waals surface area contributed by atoms with Crippen LogP contribution in [0.25, 0.3) is 0 Å². The van der Waals surface area contributed by atoms with Crippen LogP contribution in [0.5, 0.6) is 0 Å². The van der Waals surface area contributed by atoms with Crippen LogP contribution >= 0.6 is 11.6 Å². The number of aliphatic imine (C=N–C) groups is 1. The lowest BCUT2D eigenvalue weighted by Gasteiger charge is -2.20. The molecule has 1 amide bonds. The van der Waals surface area contributed by atoms with E-state index in [1.807, 2.05) is 69.3 Å². The maximum Gasteiger partial charge on any atom is 0.251 e. The molecule has 27 heavy (non-hydrogen) atoms. The van der Waals surface area contributed by atoms with Gasteiger partial charge < -0.3 is 16.0 Å². The molecule has 0 bridgehead atoms. The molecule has 5 nitrogen and oxygen atoms in total. The Labute approximate surface area is 166 Å². The molecule has 0 aliphatic heterocycles. The van der Waals surface area contributed by atoms with Crippen LogP contribution in [0.15, 0.2) is 53.5 Å². The van der Waals surface area contributed by atoms with Crippen molar-refractivity contribution in [2.75, 3.05) is 7.05 Å². The lowest BCUT2D eigenvalue weighted by atomic mass is 10.1.